The molecule has 0 atom stereocenters. The summed E-state index contributed by atoms with van der Waals surface area (Å²) in [5, 5.41) is 1.62. The Morgan fingerprint density at radius 2 is 1.77 bits per heavy atom. The number of fused-ring (bicyclic) bond motifs is 1. The normalized spacial score (nSPS) is 19.6. The summed E-state index contributed by atoms with van der Waals surface area (Å²) in [5.41, 5.74) is 2.91. The third kappa shape index (κ3) is 3.51. The number of carbonyl (C=O) groups is 1. The number of hydrogen-bond acceptors (Lipinski definition) is 6. The Kier molecular flexibility index (Phi) is 5.06. The molecule has 0 bridgehead atoms. The quantitative estimate of drug-likeness (QED) is 0.531. The number of nitrogens with zero attached hydrogens (tertiary/aromatic N) is 4. The van der Waals surface area contributed by atoms with Gasteiger partial charge in [0.05, 0.1) is 29.1 Å². The third-order valence-electron chi connectivity index (χ3n) is 4.85. The van der Waals surface area contributed by atoms with Crippen LogP contribution in [0.3, 0.4) is 0 Å². The lowest BCUT2D eigenvalue weighted by Gasteiger charge is -2.16. The topological polar surface area (TPSA) is 48.8 Å². The Morgan fingerprint density at radius 3 is 2.53 bits per heavy atom. The van der Waals surface area contributed by atoms with E-state index in [0.29, 0.717) is 16.6 Å². The number of carbonyl (C=O) groups excluding carboxylic acids is 1. The van der Waals surface area contributed by atoms with Gasteiger partial charge in [-0.3, -0.25) is 14.7 Å². The van der Waals surface area contributed by atoms with Crippen molar-refractivity contribution in [2.24, 2.45) is 4.99 Å². The van der Waals surface area contributed by atoms with E-state index in [0.717, 1.165) is 26.9 Å². The monoisotopic (exact) mass is 430 g/mol. The lowest BCUT2D eigenvalue weighted by molar-refractivity contribution is -0.122. The second kappa shape index (κ2) is 8.01. The SMILES string of the molecule is CN1/C(=C2\SC(=Nc3cccnc3)N(Cc3ccccc3)C2=O)Sc2ccccc21. The summed E-state index contributed by atoms with van der Waals surface area (Å²) >= 11 is 3.06. The zero-order valence-electron chi connectivity index (χ0n) is 16.2. The first-order valence-corrected chi connectivity index (χ1v) is 11.1. The number of pyridine rings is 1. The van der Waals surface area contributed by atoms with Crippen LogP contribution in [0.15, 0.2) is 98.9 Å². The molecule has 1 aromatic heterocycles. The summed E-state index contributed by atoms with van der Waals surface area (Å²) < 4.78 is 0. The van der Waals surface area contributed by atoms with Crippen molar-refractivity contribution in [3.8, 4) is 0 Å². The van der Waals surface area contributed by atoms with Crippen LogP contribution >= 0.6 is 23.5 Å². The molecule has 2 aliphatic heterocycles. The molecule has 0 saturated carbocycles. The number of anilines is 1. The summed E-state index contributed by atoms with van der Waals surface area (Å²) in [6.07, 6.45) is 3.42. The molecule has 3 heterocycles. The molecule has 5 rings (SSSR count). The van der Waals surface area contributed by atoms with E-state index in [1.54, 1.807) is 29.1 Å². The lowest BCUT2D eigenvalue weighted by atomic mass is 10.2. The van der Waals surface area contributed by atoms with E-state index in [2.05, 4.69) is 22.0 Å². The highest BCUT2D eigenvalue weighted by Gasteiger charge is 2.39. The fourth-order valence-corrected chi connectivity index (χ4v) is 5.70. The van der Waals surface area contributed by atoms with Crippen LogP contribution in [-0.4, -0.2) is 28.0 Å². The third-order valence-corrected chi connectivity index (χ3v) is 7.28. The molecule has 2 aliphatic rings. The first kappa shape index (κ1) is 19.0. The summed E-state index contributed by atoms with van der Waals surface area (Å²) in [4.78, 5) is 28.1. The lowest BCUT2D eigenvalue weighted by Crippen LogP contribution is -2.29. The molecule has 3 aromatic rings. The maximum absolute atomic E-state index is 13.5. The van der Waals surface area contributed by atoms with Gasteiger partial charge in [0.15, 0.2) is 5.17 Å². The maximum Gasteiger partial charge on any atom is 0.269 e. The fraction of sp³-hybridized carbons (Fsp3) is 0.0870. The summed E-state index contributed by atoms with van der Waals surface area (Å²) in [7, 11) is 2.01. The van der Waals surface area contributed by atoms with Crippen LogP contribution < -0.4 is 4.90 Å². The molecule has 0 aliphatic carbocycles. The van der Waals surface area contributed by atoms with Crippen molar-refractivity contribution in [3.63, 3.8) is 0 Å². The van der Waals surface area contributed by atoms with Crippen molar-refractivity contribution in [2.75, 3.05) is 11.9 Å². The van der Waals surface area contributed by atoms with Crippen molar-refractivity contribution < 1.29 is 4.79 Å². The zero-order valence-corrected chi connectivity index (χ0v) is 17.9. The van der Waals surface area contributed by atoms with Gasteiger partial charge in [0, 0.05) is 18.1 Å². The number of aromatic nitrogens is 1. The fourth-order valence-electron chi connectivity index (χ4n) is 3.35. The maximum atomic E-state index is 13.5. The van der Waals surface area contributed by atoms with E-state index in [1.807, 2.05) is 61.6 Å². The number of hydrogen-bond donors (Lipinski definition) is 0. The summed E-state index contributed by atoms with van der Waals surface area (Å²) in [6, 6.07) is 21.9. The van der Waals surface area contributed by atoms with Gasteiger partial charge in [-0.05, 0) is 41.6 Å². The highest BCUT2D eigenvalue weighted by molar-refractivity contribution is 8.19. The van der Waals surface area contributed by atoms with Crippen LogP contribution in [0.25, 0.3) is 0 Å². The molecule has 0 radical (unpaired) electrons. The molecule has 1 saturated heterocycles. The van der Waals surface area contributed by atoms with Crippen molar-refractivity contribution in [1.82, 2.24) is 9.88 Å². The Morgan fingerprint density at radius 1 is 0.967 bits per heavy atom. The molecule has 1 amide bonds. The molecule has 1 fully saturated rings. The molecule has 5 nitrogen and oxygen atoms in total. The van der Waals surface area contributed by atoms with Gasteiger partial charge < -0.3 is 4.90 Å². The standard InChI is InChI=1S/C23H18N4OS2/c1-26-18-11-5-6-12-19(18)29-22(26)20-21(28)27(15-16-8-3-2-4-9-16)23(30-20)25-17-10-7-13-24-14-17/h2-14H,15H2,1H3/b22-20+,25-23?. The van der Waals surface area contributed by atoms with Gasteiger partial charge in [-0.25, -0.2) is 4.99 Å². The molecule has 2 aromatic carbocycles. The van der Waals surface area contributed by atoms with Gasteiger partial charge >= 0.3 is 0 Å². The highest BCUT2D eigenvalue weighted by Crippen LogP contribution is 2.50. The summed E-state index contributed by atoms with van der Waals surface area (Å²) in [6.45, 7) is 0.476. The van der Waals surface area contributed by atoms with Crippen LogP contribution in [0.1, 0.15) is 5.56 Å². The van der Waals surface area contributed by atoms with E-state index in [1.165, 1.54) is 11.8 Å². The van der Waals surface area contributed by atoms with Gasteiger partial charge in [-0.15, -0.1) is 0 Å². The van der Waals surface area contributed by atoms with Crippen LogP contribution in [0.4, 0.5) is 11.4 Å². The number of thioether (sulfide) groups is 2. The molecule has 148 valence electrons. The minimum atomic E-state index is -0.0198. The molecule has 0 spiro atoms. The molecule has 30 heavy (non-hydrogen) atoms. The molecular formula is C23H18N4OS2. The van der Waals surface area contributed by atoms with Gasteiger partial charge in [0.25, 0.3) is 5.91 Å². The Hall–Kier alpha value is -3.03. The Labute approximate surface area is 183 Å². The second-order valence-corrected chi connectivity index (χ2v) is 8.86. The average Bonchev–Trinajstić information content (AvgIpc) is 3.27. The number of amidine groups is 1. The molecular weight excluding hydrogens is 412 g/mol. The smallest absolute Gasteiger partial charge is 0.269 e. The van der Waals surface area contributed by atoms with Crippen molar-refractivity contribution >= 4 is 46.0 Å². The van der Waals surface area contributed by atoms with Crippen molar-refractivity contribution in [2.45, 2.75) is 11.4 Å². The first-order valence-electron chi connectivity index (χ1n) is 9.48. The molecule has 0 N–H and O–H groups in total. The van der Waals surface area contributed by atoms with Gasteiger partial charge in [-0.1, -0.05) is 54.2 Å². The van der Waals surface area contributed by atoms with E-state index in [9.17, 15) is 4.79 Å². The highest BCUT2D eigenvalue weighted by atomic mass is 32.2. The number of para-hydroxylation sites is 1. The van der Waals surface area contributed by atoms with E-state index >= 15 is 0 Å². The second-order valence-electron chi connectivity index (χ2n) is 6.85. The Bertz CT molecular complexity index is 1160. The number of aliphatic imine (C=N–C) groups is 1. The van der Waals surface area contributed by atoms with Gasteiger partial charge in [-0.2, -0.15) is 0 Å². The van der Waals surface area contributed by atoms with E-state index in [4.69, 9.17) is 4.99 Å². The largest absolute Gasteiger partial charge is 0.337 e. The number of amides is 1. The zero-order chi connectivity index (χ0) is 20.5. The van der Waals surface area contributed by atoms with Gasteiger partial charge in [0.2, 0.25) is 0 Å². The van der Waals surface area contributed by atoms with Crippen LogP contribution in [0.5, 0.6) is 0 Å². The van der Waals surface area contributed by atoms with Crippen LogP contribution in [-0.2, 0) is 11.3 Å². The minimum Gasteiger partial charge on any atom is -0.337 e. The van der Waals surface area contributed by atoms with E-state index < -0.39 is 0 Å². The predicted molar refractivity (Wildman–Crippen MR) is 124 cm³/mol. The Balaban J connectivity index is 1.55. The number of benzene rings is 2. The van der Waals surface area contributed by atoms with Crippen molar-refractivity contribution in [3.05, 3.63) is 94.6 Å². The van der Waals surface area contributed by atoms with Crippen LogP contribution in [0, 0.1) is 0 Å². The van der Waals surface area contributed by atoms with E-state index in [-0.39, 0.29) is 5.91 Å². The first-order chi connectivity index (χ1) is 14.7. The van der Waals surface area contributed by atoms with Crippen LogP contribution in [0.2, 0.25) is 0 Å². The average molecular weight is 431 g/mol. The van der Waals surface area contributed by atoms with Gasteiger partial charge in [0.1, 0.15) is 4.91 Å². The molecule has 7 heteroatoms. The number of rotatable bonds is 3. The minimum absolute atomic E-state index is 0.0198. The predicted octanol–water partition coefficient (Wildman–Crippen LogP) is 5.26. The van der Waals surface area contributed by atoms with Crippen molar-refractivity contribution in [1.29, 1.82) is 0 Å². The molecule has 0 unspecified atom stereocenters. The summed E-state index contributed by atoms with van der Waals surface area (Å²) in [5.74, 6) is -0.0198.